The highest BCUT2D eigenvalue weighted by atomic mass is 32.1. The lowest BCUT2D eigenvalue weighted by Gasteiger charge is -2.12. The summed E-state index contributed by atoms with van der Waals surface area (Å²) in [6.07, 6.45) is 2.21. The molecule has 1 amide bonds. The van der Waals surface area contributed by atoms with Gasteiger partial charge in [-0.1, -0.05) is 35.6 Å². The maximum Gasteiger partial charge on any atom is 0.233 e. The lowest BCUT2D eigenvalue weighted by Crippen LogP contribution is -2.18. The first kappa shape index (κ1) is 17.7. The minimum atomic E-state index is -0.326. The average Bonchev–Trinajstić information content (AvgIpc) is 3.10. The highest BCUT2D eigenvalue weighted by Gasteiger charge is 2.24. The maximum absolute atomic E-state index is 12.7. The second-order valence-corrected chi connectivity index (χ2v) is 7.75. The summed E-state index contributed by atoms with van der Waals surface area (Å²) in [6, 6.07) is 11.9. The van der Waals surface area contributed by atoms with Gasteiger partial charge in [0.15, 0.2) is 10.9 Å². The monoisotopic (exact) mass is 380 g/mol. The molecule has 0 spiro atoms. The molecule has 2 aromatic carbocycles. The number of nitrogens with one attached hydrogen (secondary N) is 1. The summed E-state index contributed by atoms with van der Waals surface area (Å²) in [5, 5.41) is 5.52. The molecule has 1 N–H and O–H groups in total. The summed E-state index contributed by atoms with van der Waals surface area (Å²) in [7, 11) is 1.64. The summed E-state index contributed by atoms with van der Waals surface area (Å²) in [5.41, 5.74) is 1.75. The number of hydrogen-bond acceptors (Lipinski definition) is 5. The number of carbonyl (C=O) groups is 2. The van der Waals surface area contributed by atoms with Gasteiger partial charge >= 0.3 is 0 Å². The van der Waals surface area contributed by atoms with E-state index in [2.05, 4.69) is 10.3 Å². The summed E-state index contributed by atoms with van der Waals surface area (Å²) in [4.78, 5) is 29.8. The number of thiazole rings is 1. The molecule has 3 aromatic rings. The minimum absolute atomic E-state index is 0.124. The zero-order chi connectivity index (χ0) is 19.0. The Balaban J connectivity index is 1.53. The van der Waals surface area contributed by atoms with Gasteiger partial charge < -0.3 is 10.1 Å². The number of carbonyl (C=O) groups excluding carboxylic acids is 2. The first-order valence-corrected chi connectivity index (χ1v) is 9.78. The van der Waals surface area contributed by atoms with Gasteiger partial charge in [0.25, 0.3) is 0 Å². The predicted octanol–water partition coefficient (Wildman–Crippen LogP) is 4.57. The number of aromatic nitrogens is 1. The molecule has 0 bridgehead atoms. The van der Waals surface area contributed by atoms with Gasteiger partial charge in [0.1, 0.15) is 5.75 Å². The third-order valence-corrected chi connectivity index (χ3v) is 6.02. The SMILES string of the molecule is COc1ccc2cc([C@@H](C)C(=O)Nc3nc4c(s3)C(=O)CCC4)ccc2c1. The maximum atomic E-state index is 12.7. The molecule has 0 fully saturated rings. The molecule has 4 rings (SSSR count). The van der Waals surface area contributed by atoms with Crippen LogP contribution >= 0.6 is 11.3 Å². The first-order valence-electron chi connectivity index (χ1n) is 8.96. The molecule has 0 aliphatic heterocycles. The third kappa shape index (κ3) is 3.45. The van der Waals surface area contributed by atoms with Crippen LogP contribution in [0.2, 0.25) is 0 Å². The zero-order valence-electron chi connectivity index (χ0n) is 15.2. The van der Waals surface area contributed by atoms with Crippen molar-refractivity contribution in [2.24, 2.45) is 0 Å². The molecule has 0 radical (unpaired) electrons. The Hall–Kier alpha value is -2.73. The fourth-order valence-electron chi connectivity index (χ4n) is 3.33. The second-order valence-electron chi connectivity index (χ2n) is 6.76. The van der Waals surface area contributed by atoms with Gasteiger partial charge in [-0.05, 0) is 48.2 Å². The summed E-state index contributed by atoms with van der Waals surface area (Å²) in [5.74, 6) is 0.491. The molecule has 0 unspecified atom stereocenters. The van der Waals surface area contributed by atoms with E-state index in [-0.39, 0.29) is 17.6 Å². The Labute approximate surface area is 161 Å². The highest BCUT2D eigenvalue weighted by molar-refractivity contribution is 7.17. The quantitative estimate of drug-likeness (QED) is 0.720. The van der Waals surface area contributed by atoms with Crippen molar-refractivity contribution < 1.29 is 14.3 Å². The number of benzene rings is 2. The second kappa shape index (κ2) is 7.12. The number of ketones is 1. The molecule has 0 saturated carbocycles. The van der Waals surface area contributed by atoms with Crippen molar-refractivity contribution >= 4 is 38.9 Å². The van der Waals surface area contributed by atoms with Gasteiger partial charge in [0, 0.05) is 6.42 Å². The first-order chi connectivity index (χ1) is 13.0. The van der Waals surface area contributed by atoms with Crippen LogP contribution in [0.3, 0.4) is 0 Å². The number of aryl methyl sites for hydroxylation is 1. The zero-order valence-corrected chi connectivity index (χ0v) is 16.1. The van der Waals surface area contributed by atoms with E-state index in [0.717, 1.165) is 40.6 Å². The van der Waals surface area contributed by atoms with Gasteiger partial charge in [-0.3, -0.25) is 9.59 Å². The van der Waals surface area contributed by atoms with Crippen LogP contribution in [0.1, 0.15) is 46.6 Å². The van der Waals surface area contributed by atoms with Gasteiger partial charge in [-0.25, -0.2) is 4.98 Å². The average molecular weight is 380 g/mol. The predicted molar refractivity (Wildman–Crippen MR) is 107 cm³/mol. The summed E-state index contributed by atoms with van der Waals surface area (Å²) >= 11 is 1.28. The molecular formula is C21H20N2O3S. The number of methoxy groups -OCH3 is 1. The number of hydrogen-bond donors (Lipinski definition) is 1. The molecule has 6 heteroatoms. The number of anilines is 1. The third-order valence-electron chi connectivity index (χ3n) is 4.96. The van der Waals surface area contributed by atoms with Crippen LogP contribution < -0.4 is 10.1 Å². The molecule has 1 atom stereocenters. The van der Waals surface area contributed by atoms with Crippen LogP contribution in [0, 0.1) is 0 Å². The van der Waals surface area contributed by atoms with Crippen molar-refractivity contribution in [2.75, 3.05) is 12.4 Å². The largest absolute Gasteiger partial charge is 0.497 e. The topological polar surface area (TPSA) is 68.3 Å². The van der Waals surface area contributed by atoms with Crippen LogP contribution in [0.25, 0.3) is 10.8 Å². The summed E-state index contributed by atoms with van der Waals surface area (Å²) in [6.45, 7) is 1.87. The van der Waals surface area contributed by atoms with E-state index in [9.17, 15) is 9.59 Å². The van der Waals surface area contributed by atoms with E-state index < -0.39 is 0 Å². The van der Waals surface area contributed by atoms with Crippen LogP contribution in [0.5, 0.6) is 5.75 Å². The summed E-state index contributed by atoms with van der Waals surface area (Å²) < 4.78 is 5.25. The molecule has 1 aliphatic carbocycles. The molecular weight excluding hydrogens is 360 g/mol. The Morgan fingerprint density at radius 2 is 1.96 bits per heavy atom. The van der Waals surface area contributed by atoms with E-state index in [1.807, 2.05) is 43.3 Å². The lowest BCUT2D eigenvalue weighted by atomic mass is 9.97. The molecule has 1 heterocycles. The van der Waals surface area contributed by atoms with E-state index in [0.29, 0.717) is 16.4 Å². The van der Waals surface area contributed by atoms with E-state index in [1.165, 1.54) is 11.3 Å². The molecule has 0 saturated heterocycles. The molecule has 27 heavy (non-hydrogen) atoms. The smallest absolute Gasteiger partial charge is 0.233 e. The van der Waals surface area contributed by atoms with Crippen molar-refractivity contribution in [1.82, 2.24) is 4.98 Å². The van der Waals surface area contributed by atoms with Crippen LogP contribution in [-0.4, -0.2) is 23.8 Å². The molecule has 5 nitrogen and oxygen atoms in total. The van der Waals surface area contributed by atoms with Crippen molar-refractivity contribution in [3.05, 3.63) is 52.5 Å². The van der Waals surface area contributed by atoms with Crippen LogP contribution in [0.4, 0.5) is 5.13 Å². The van der Waals surface area contributed by atoms with E-state index >= 15 is 0 Å². The number of Topliss-reactive ketones (excluding diaryl/α,β-unsaturated/α-hetero) is 1. The Morgan fingerprint density at radius 3 is 2.74 bits per heavy atom. The van der Waals surface area contributed by atoms with Crippen LogP contribution in [0.15, 0.2) is 36.4 Å². The Kier molecular flexibility index (Phi) is 4.66. The minimum Gasteiger partial charge on any atom is -0.497 e. The van der Waals surface area contributed by atoms with Gasteiger partial charge in [0.2, 0.25) is 5.91 Å². The van der Waals surface area contributed by atoms with Gasteiger partial charge in [0.05, 0.1) is 23.6 Å². The Morgan fingerprint density at radius 1 is 1.19 bits per heavy atom. The van der Waals surface area contributed by atoms with Crippen molar-refractivity contribution in [3.8, 4) is 5.75 Å². The fourth-order valence-corrected chi connectivity index (χ4v) is 4.31. The highest BCUT2D eigenvalue weighted by Crippen LogP contribution is 2.31. The normalized spacial score (nSPS) is 14.7. The number of rotatable bonds is 4. The fraction of sp³-hybridized carbons (Fsp3) is 0.286. The number of nitrogens with zero attached hydrogens (tertiary/aromatic N) is 1. The number of ether oxygens (including phenoxy) is 1. The van der Waals surface area contributed by atoms with E-state index in [1.54, 1.807) is 7.11 Å². The molecule has 1 aromatic heterocycles. The van der Waals surface area contributed by atoms with Crippen LogP contribution in [-0.2, 0) is 11.2 Å². The van der Waals surface area contributed by atoms with Gasteiger partial charge in [-0.15, -0.1) is 0 Å². The number of fused-ring (bicyclic) bond motifs is 2. The van der Waals surface area contributed by atoms with Crippen molar-refractivity contribution in [1.29, 1.82) is 0 Å². The van der Waals surface area contributed by atoms with Crippen molar-refractivity contribution in [3.63, 3.8) is 0 Å². The van der Waals surface area contributed by atoms with Gasteiger partial charge in [-0.2, -0.15) is 0 Å². The lowest BCUT2D eigenvalue weighted by molar-refractivity contribution is -0.117. The standard InChI is InChI=1S/C21H20N2O3S/c1-12(13-6-7-15-11-16(26-2)9-8-14(15)10-13)20(25)23-21-22-17-4-3-5-18(24)19(17)27-21/h6-12H,3-5H2,1-2H3,(H,22,23,25)/t12-/m1/s1. The number of amides is 1. The van der Waals surface area contributed by atoms with Crippen molar-refractivity contribution in [2.45, 2.75) is 32.1 Å². The molecule has 138 valence electrons. The molecule has 1 aliphatic rings. The Bertz CT molecular complexity index is 1040. The van der Waals surface area contributed by atoms with E-state index in [4.69, 9.17) is 4.74 Å².